The van der Waals surface area contributed by atoms with E-state index in [9.17, 15) is 15.3 Å². The highest BCUT2D eigenvalue weighted by Gasteiger charge is 2.81. The molecule has 0 radical (unpaired) electrons. The smallest absolute Gasteiger partial charge is 0.156 e. The van der Waals surface area contributed by atoms with Crippen LogP contribution >= 0.6 is 0 Å². The minimum Gasteiger partial charge on any atom is -0.393 e. The molecule has 0 saturated heterocycles. The first kappa shape index (κ1) is 21.3. The second kappa shape index (κ2) is 6.47. The van der Waals surface area contributed by atoms with Crippen molar-refractivity contribution in [2.24, 2.45) is 52.3 Å². The van der Waals surface area contributed by atoms with E-state index in [0.717, 1.165) is 44.9 Å². The van der Waals surface area contributed by atoms with Gasteiger partial charge in [-0.15, -0.1) is 0 Å². The van der Waals surface area contributed by atoms with Crippen LogP contribution in [0.5, 0.6) is 0 Å². The predicted octanol–water partition coefficient (Wildman–Crippen LogP) is 3.35. The molecule has 6 aliphatic rings. The molecular weight excluding hydrogens is 392 g/mol. The molecule has 176 valence electrons. The summed E-state index contributed by atoms with van der Waals surface area (Å²) in [5.74, 6) is 3.76. The van der Waals surface area contributed by atoms with Crippen LogP contribution in [0.2, 0.25) is 0 Å². The van der Waals surface area contributed by atoms with Crippen LogP contribution in [0.25, 0.3) is 0 Å². The summed E-state index contributed by atoms with van der Waals surface area (Å²) in [5.41, 5.74) is -1.43. The highest BCUT2D eigenvalue weighted by atomic mass is 16.7. The molecular formula is C26H42O5. The summed E-state index contributed by atoms with van der Waals surface area (Å²) in [6.45, 7) is 4.74. The minimum atomic E-state index is -0.688. The van der Waals surface area contributed by atoms with Crippen LogP contribution in [0, 0.1) is 52.3 Å². The number of hydrogen-bond donors (Lipinski definition) is 3. The van der Waals surface area contributed by atoms with E-state index in [1.165, 1.54) is 6.42 Å². The zero-order chi connectivity index (χ0) is 22.0. The number of ether oxygens (including phenoxy) is 2. The Morgan fingerprint density at radius 3 is 2.29 bits per heavy atom. The number of methoxy groups -OCH3 is 2. The summed E-state index contributed by atoms with van der Waals surface area (Å²) >= 11 is 0. The lowest BCUT2D eigenvalue weighted by Crippen LogP contribution is -2.65. The Kier molecular flexibility index (Phi) is 4.46. The molecule has 0 aromatic carbocycles. The Hall–Kier alpha value is -0.200. The van der Waals surface area contributed by atoms with E-state index in [2.05, 4.69) is 13.8 Å². The fraction of sp³-hybridized carbons (Fsp3) is 1.00. The fourth-order valence-corrected chi connectivity index (χ4v) is 10.4. The van der Waals surface area contributed by atoms with Crippen LogP contribution in [-0.4, -0.2) is 53.1 Å². The molecule has 0 bridgehead atoms. The topological polar surface area (TPSA) is 79.2 Å². The zero-order valence-electron chi connectivity index (χ0n) is 19.7. The molecule has 0 aromatic rings. The van der Waals surface area contributed by atoms with Crippen molar-refractivity contribution in [3.63, 3.8) is 0 Å². The van der Waals surface area contributed by atoms with Gasteiger partial charge < -0.3 is 24.8 Å². The summed E-state index contributed by atoms with van der Waals surface area (Å²) in [6, 6.07) is 0. The van der Waals surface area contributed by atoms with E-state index < -0.39 is 11.2 Å². The normalized spacial score (nSPS) is 61.2. The highest BCUT2D eigenvalue weighted by molar-refractivity contribution is 5.29. The maximum Gasteiger partial charge on any atom is 0.156 e. The van der Waals surface area contributed by atoms with E-state index in [1.807, 2.05) is 0 Å². The van der Waals surface area contributed by atoms with Crippen LogP contribution in [0.3, 0.4) is 0 Å². The molecule has 0 amide bonds. The van der Waals surface area contributed by atoms with Gasteiger partial charge in [-0.2, -0.15) is 0 Å². The van der Waals surface area contributed by atoms with Gasteiger partial charge in [-0.3, -0.25) is 0 Å². The first-order valence-electron chi connectivity index (χ1n) is 12.8. The molecule has 12 atom stereocenters. The van der Waals surface area contributed by atoms with Crippen LogP contribution in [0.1, 0.15) is 71.6 Å². The lowest BCUT2D eigenvalue weighted by molar-refractivity contribution is -0.238. The average Bonchev–Trinajstić information content (AvgIpc) is 3.63. The van der Waals surface area contributed by atoms with Crippen molar-refractivity contribution in [1.82, 2.24) is 0 Å². The standard InChI is InChI=1S/C26H42O5/c1-23-8-5-14(27)13-26(23,29)18-11-15(18)21-17(23)6-9-24(2)22(21)16-12-19(16)25(24,28)10-7-20(30-3)31-4/h14-22,27-29H,5-13H2,1-4H3/t14-,15-,16+,17?,18+,19-,21?,22?,23+,24-,25-,26+/m0/s1. The molecule has 6 rings (SSSR count). The van der Waals surface area contributed by atoms with Gasteiger partial charge >= 0.3 is 0 Å². The average molecular weight is 435 g/mol. The maximum atomic E-state index is 12.2. The molecule has 6 aliphatic carbocycles. The third-order valence-electron chi connectivity index (χ3n) is 12.1. The molecule has 31 heavy (non-hydrogen) atoms. The van der Waals surface area contributed by atoms with E-state index in [0.29, 0.717) is 47.8 Å². The van der Waals surface area contributed by atoms with Crippen LogP contribution < -0.4 is 0 Å². The maximum absolute atomic E-state index is 12.2. The molecule has 5 nitrogen and oxygen atoms in total. The van der Waals surface area contributed by atoms with Crippen molar-refractivity contribution >= 4 is 0 Å². The Morgan fingerprint density at radius 2 is 1.58 bits per heavy atom. The SMILES string of the molecule is COC(CC[C@]1(O)[C@H]2C[C@H]2C2C3C(CC[C@@]21C)[C@@]1(C)CC[C@H](O)C[C@@]1(O)[C@@H]1C[C@H]31)OC. The van der Waals surface area contributed by atoms with Crippen LogP contribution in [0.15, 0.2) is 0 Å². The van der Waals surface area contributed by atoms with Crippen molar-refractivity contribution in [2.45, 2.75) is 95.2 Å². The fourth-order valence-electron chi connectivity index (χ4n) is 10.4. The lowest BCUT2D eigenvalue weighted by Gasteiger charge is -2.64. The molecule has 3 unspecified atom stereocenters. The third-order valence-corrected chi connectivity index (χ3v) is 12.1. The molecule has 0 heterocycles. The Balaban J connectivity index is 1.32. The number of fused-ring (bicyclic) bond motifs is 10. The summed E-state index contributed by atoms with van der Waals surface area (Å²) in [7, 11) is 3.36. The first-order chi connectivity index (χ1) is 14.6. The summed E-state index contributed by atoms with van der Waals surface area (Å²) in [6.07, 6.45) is 7.70. The summed E-state index contributed by atoms with van der Waals surface area (Å²) in [4.78, 5) is 0. The van der Waals surface area contributed by atoms with E-state index in [4.69, 9.17) is 9.47 Å². The van der Waals surface area contributed by atoms with Gasteiger partial charge in [-0.25, -0.2) is 0 Å². The van der Waals surface area contributed by atoms with Crippen molar-refractivity contribution < 1.29 is 24.8 Å². The molecule has 5 heteroatoms. The van der Waals surface area contributed by atoms with Crippen LogP contribution in [-0.2, 0) is 9.47 Å². The Morgan fingerprint density at radius 1 is 0.903 bits per heavy atom. The lowest BCUT2D eigenvalue weighted by atomic mass is 9.42. The van der Waals surface area contributed by atoms with E-state index in [1.54, 1.807) is 14.2 Å². The molecule has 0 spiro atoms. The van der Waals surface area contributed by atoms with Gasteiger partial charge in [-0.1, -0.05) is 13.8 Å². The quantitative estimate of drug-likeness (QED) is 0.579. The number of rotatable bonds is 5. The second-order valence-electron chi connectivity index (χ2n) is 12.8. The molecule has 6 fully saturated rings. The third kappa shape index (κ3) is 2.46. The van der Waals surface area contributed by atoms with Gasteiger partial charge in [-0.05, 0) is 97.2 Å². The van der Waals surface area contributed by atoms with Gasteiger partial charge in [0.05, 0.1) is 17.3 Å². The predicted molar refractivity (Wildman–Crippen MR) is 116 cm³/mol. The van der Waals surface area contributed by atoms with Gasteiger partial charge in [0.15, 0.2) is 6.29 Å². The zero-order valence-corrected chi connectivity index (χ0v) is 19.7. The minimum absolute atomic E-state index is 0.0408. The summed E-state index contributed by atoms with van der Waals surface area (Å²) in [5, 5.41) is 34.5. The van der Waals surface area contributed by atoms with Gasteiger partial charge in [0.1, 0.15) is 0 Å². The van der Waals surface area contributed by atoms with Crippen molar-refractivity contribution in [3.05, 3.63) is 0 Å². The van der Waals surface area contributed by atoms with Gasteiger partial charge in [0, 0.05) is 27.1 Å². The molecule has 0 aliphatic heterocycles. The Labute approximate surface area is 186 Å². The first-order valence-corrected chi connectivity index (χ1v) is 12.8. The molecule has 3 N–H and O–H groups in total. The monoisotopic (exact) mass is 434 g/mol. The van der Waals surface area contributed by atoms with Crippen LogP contribution in [0.4, 0.5) is 0 Å². The van der Waals surface area contributed by atoms with Crippen molar-refractivity contribution in [3.8, 4) is 0 Å². The van der Waals surface area contributed by atoms with Gasteiger partial charge in [0.2, 0.25) is 0 Å². The van der Waals surface area contributed by atoms with E-state index >= 15 is 0 Å². The highest BCUT2D eigenvalue weighted by Crippen LogP contribution is 2.82. The second-order valence-corrected chi connectivity index (χ2v) is 12.8. The summed E-state index contributed by atoms with van der Waals surface area (Å²) < 4.78 is 10.9. The molecule has 0 aromatic heterocycles. The number of aliphatic hydroxyl groups excluding tert-OH is 1. The van der Waals surface area contributed by atoms with E-state index in [-0.39, 0.29) is 23.2 Å². The molecule has 6 saturated carbocycles. The number of aliphatic hydroxyl groups is 3. The van der Waals surface area contributed by atoms with Crippen molar-refractivity contribution in [2.75, 3.05) is 14.2 Å². The van der Waals surface area contributed by atoms with Crippen molar-refractivity contribution in [1.29, 1.82) is 0 Å². The largest absolute Gasteiger partial charge is 0.393 e. The Bertz CT molecular complexity index is 754. The van der Waals surface area contributed by atoms with Gasteiger partial charge in [0.25, 0.3) is 0 Å². The number of hydrogen-bond acceptors (Lipinski definition) is 5.